The number of hydrogen-bond donors (Lipinski definition) is 3. The number of aromatic nitrogens is 2. The highest BCUT2D eigenvalue weighted by atomic mass is 16.7. The summed E-state index contributed by atoms with van der Waals surface area (Å²) in [5, 5.41) is 1.06. The summed E-state index contributed by atoms with van der Waals surface area (Å²) in [6, 6.07) is 13.4. The number of nitrogens with zero attached hydrogens (tertiary/aromatic N) is 1. The number of H-pyrrole nitrogens is 1. The first-order chi connectivity index (χ1) is 15.0. The zero-order valence-corrected chi connectivity index (χ0v) is 16.3. The molecular formula is C23H18N4O4. The molecule has 154 valence electrons. The lowest BCUT2D eigenvalue weighted by Gasteiger charge is -2.28. The molecule has 0 saturated heterocycles. The van der Waals surface area contributed by atoms with Crippen LogP contribution in [-0.2, 0) is 6.42 Å². The smallest absolute Gasteiger partial charge is 0.251 e. The highest BCUT2D eigenvalue weighted by Gasteiger charge is 2.35. The van der Waals surface area contributed by atoms with E-state index in [-0.39, 0.29) is 24.0 Å². The first-order valence-electron chi connectivity index (χ1n) is 9.85. The van der Waals surface area contributed by atoms with Crippen molar-refractivity contribution in [2.24, 2.45) is 11.5 Å². The van der Waals surface area contributed by atoms with Gasteiger partial charge in [0.25, 0.3) is 11.8 Å². The Hall–Kier alpha value is -4.20. The summed E-state index contributed by atoms with van der Waals surface area (Å²) in [5.74, 6) is -0.0246. The van der Waals surface area contributed by atoms with Gasteiger partial charge in [0, 0.05) is 34.9 Å². The van der Waals surface area contributed by atoms with E-state index >= 15 is 0 Å². The first kappa shape index (κ1) is 17.6. The fourth-order valence-corrected chi connectivity index (χ4v) is 4.80. The third-order valence-corrected chi connectivity index (χ3v) is 6.10. The first-order valence-corrected chi connectivity index (χ1v) is 9.85. The zero-order chi connectivity index (χ0) is 21.3. The van der Waals surface area contributed by atoms with Crippen LogP contribution in [0.1, 0.15) is 49.3 Å². The summed E-state index contributed by atoms with van der Waals surface area (Å²) in [4.78, 5) is 28.0. The summed E-state index contributed by atoms with van der Waals surface area (Å²) in [5.41, 5.74) is 16.2. The molecule has 2 aliphatic rings. The van der Waals surface area contributed by atoms with Gasteiger partial charge in [-0.2, -0.15) is 0 Å². The van der Waals surface area contributed by atoms with Gasteiger partial charge in [-0.05, 0) is 29.3 Å². The molecule has 31 heavy (non-hydrogen) atoms. The van der Waals surface area contributed by atoms with Crippen molar-refractivity contribution in [1.29, 1.82) is 0 Å². The Morgan fingerprint density at radius 3 is 2.65 bits per heavy atom. The van der Waals surface area contributed by atoms with Crippen LogP contribution in [0.15, 0.2) is 48.7 Å². The number of aromatic amines is 1. The van der Waals surface area contributed by atoms with E-state index < -0.39 is 11.8 Å². The normalized spacial score (nSPS) is 16.2. The van der Waals surface area contributed by atoms with Gasteiger partial charge in [-0.25, -0.2) is 0 Å². The molecule has 8 nitrogen and oxygen atoms in total. The molecule has 0 radical (unpaired) electrons. The lowest BCUT2D eigenvalue weighted by atomic mass is 9.91. The quantitative estimate of drug-likeness (QED) is 0.419. The zero-order valence-electron chi connectivity index (χ0n) is 16.3. The topological polar surface area (TPSA) is 125 Å². The number of benzene rings is 2. The van der Waals surface area contributed by atoms with Gasteiger partial charge in [-0.1, -0.05) is 24.3 Å². The van der Waals surface area contributed by atoms with Crippen LogP contribution >= 0.6 is 0 Å². The third kappa shape index (κ3) is 2.41. The second-order valence-corrected chi connectivity index (χ2v) is 7.76. The molecule has 1 atom stereocenters. The molecule has 0 spiro atoms. The van der Waals surface area contributed by atoms with Crippen molar-refractivity contribution < 1.29 is 19.1 Å². The van der Waals surface area contributed by atoms with E-state index in [0.717, 1.165) is 27.7 Å². The van der Waals surface area contributed by atoms with Gasteiger partial charge in [0.15, 0.2) is 11.5 Å². The molecule has 6 rings (SSSR count). The van der Waals surface area contributed by atoms with Crippen LogP contribution in [0.4, 0.5) is 0 Å². The minimum absolute atomic E-state index is 0.128. The Labute approximate surface area is 176 Å². The van der Waals surface area contributed by atoms with Crippen LogP contribution in [0.2, 0.25) is 0 Å². The average Bonchev–Trinajstić information content (AvgIpc) is 3.46. The van der Waals surface area contributed by atoms with Crippen molar-refractivity contribution in [1.82, 2.24) is 9.55 Å². The van der Waals surface area contributed by atoms with Gasteiger partial charge in [-0.3, -0.25) is 9.59 Å². The van der Waals surface area contributed by atoms with Crippen LogP contribution in [0.25, 0.3) is 10.9 Å². The standard InChI is InChI=1S/C23H18N4O4/c24-22(28)14-9-27-16(19(14)23(25)29)8-13-12-3-1-2-4-15(12)26-20(13)21(27)11-5-6-17-18(7-11)31-10-30-17/h1-7,9,21,26H,8,10H2,(H2,24,28)(H2,25,29)/t21-/m1/s1. The minimum Gasteiger partial charge on any atom is -0.454 e. The van der Waals surface area contributed by atoms with E-state index in [1.165, 1.54) is 0 Å². The molecular weight excluding hydrogens is 396 g/mol. The number of para-hydroxylation sites is 1. The maximum Gasteiger partial charge on any atom is 0.251 e. The molecule has 2 aliphatic heterocycles. The maximum absolute atomic E-state index is 12.3. The van der Waals surface area contributed by atoms with E-state index in [1.807, 2.05) is 47.0 Å². The van der Waals surface area contributed by atoms with Gasteiger partial charge in [0.1, 0.15) is 0 Å². The van der Waals surface area contributed by atoms with Gasteiger partial charge in [0.2, 0.25) is 6.79 Å². The highest BCUT2D eigenvalue weighted by molar-refractivity contribution is 6.07. The number of rotatable bonds is 3. The van der Waals surface area contributed by atoms with Crippen LogP contribution in [0.5, 0.6) is 11.5 Å². The predicted molar refractivity (Wildman–Crippen MR) is 112 cm³/mol. The molecule has 0 aliphatic carbocycles. The summed E-state index contributed by atoms with van der Waals surface area (Å²) in [6.07, 6.45) is 2.08. The van der Waals surface area contributed by atoms with Gasteiger partial charge in [-0.15, -0.1) is 0 Å². The SMILES string of the molecule is NC(=O)c1cn2c(c1C(N)=O)Cc1c([nH]c3ccccc13)[C@H]2c1ccc2c(c1)OCO2. The number of nitrogens with one attached hydrogen (secondary N) is 1. The Morgan fingerprint density at radius 1 is 1.03 bits per heavy atom. The van der Waals surface area contributed by atoms with Crippen molar-refractivity contribution in [3.63, 3.8) is 0 Å². The minimum atomic E-state index is -0.686. The third-order valence-electron chi connectivity index (χ3n) is 6.10. The molecule has 5 N–H and O–H groups in total. The van der Waals surface area contributed by atoms with Gasteiger partial charge >= 0.3 is 0 Å². The monoisotopic (exact) mass is 414 g/mol. The summed E-state index contributed by atoms with van der Waals surface area (Å²) in [6.45, 7) is 0.174. The number of amides is 2. The average molecular weight is 414 g/mol. The van der Waals surface area contributed by atoms with Crippen molar-refractivity contribution in [2.75, 3.05) is 6.79 Å². The Balaban J connectivity index is 1.66. The Kier molecular flexibility index (Phi) is 3.50. The van der Waals surface area contributed by atoms with Crippen LogP contribution in [0, 0.1) is 0 Å². The van der Waals surface area contributed by atoms with Crippen LogP contribution in [-0.4, -0.2) is 28.2 Å². The summed E-state index contributed by atoms with van der Waals surface area (Å²) >= 11 is 0. The van der Waals surface area contributed by atoms with E-state index in [1.54, 1.807) is 6.20 Å². The summed E-state index contributed by atoms with van der Waals surface area (Å²) in [7, 11) is 0. The highest BCUT2D eigenvalue weighted by Crippen LogP contribution is 2.43. The van der Waals surface area contributed by atoms with Crippen molar-refractivity contribution in [3.8, 4) is 11.5 Å². The lowest BCUT2D eigenvalue weighted by Crippen LogP contribution is -2.24. The van der Waals surface area contributed by atoms with Gasteiger partial charge < -0.3 is 30.5 Å². The van der Waals surface area contributed by atoms with E-state index in [2.05, 4.69) is 4.98 Å². The number of nitrogens with two attached hydrogens (primary N) is 2. The molecule has 8 heteroatoms. The number of carbonyl (C=O) groups excluding carboxylic acids is 2. The van der Waals surface area contributed by atoms with E-state index in [4.69, 9.17) is 20.9 Å². The molecule has 0 bridgehead atoms. The number of primary amides is 2. The number of fused-ring (bicyclic) bond motifs is 5. The number of hydrogen-bond acceptors (Lipinski definition) is 4. The van der Waals surface area contributed by atoms with Crippen LogP contribution < -0.4 is 20.9 Å². The fraction of sp³-hybridized carbons (Fsp3) is 0.130. The Morgan fingerprint density at radius 2 is 1.84 bits per heavy atom. The largest absolute Gasteiger partial charge is 0.454 e. The number of carbonyl (C=O) groups is 2. The second-order valence-electron chi connectivity index (χ2n) is 7.76. The molecule has 0 unspecified atom stereocenters. The molecule has 0 saturated carbocycles. The Bertz CT molecular complexity index is 1410. The second kappa shape index (κ2) is 6.15. The molecule has 0 fully saturated rings. The van der Waals surface area contributed by atoms with Crippen LogP contribution in [0.3, 0.4) is 0 Å². The molecule has 4 heterocycles. The number of ether oxygens (including phenoxy) is 2. The van der Waals surface area contributed by atoms with Crippen molar-refractivity contribution in [2.45, 2.75) is 12.5 Å². The molecule has 2 aromatic heterocycles. The summed E-state index contributed by atoms with van der Waals surface area (Å²) < 4.78 is 12.9. The predicted octanol–water partition coefficient (Wildman–Crippen LogP) is 2.44. The fourth-order valence-electron chi connectivity index (χ4n) is 4.80. The van der Waals surface area contributed by atoms with E-state index in [9.17, 15) is 9.59 Å². The molecule has 2 amide bonds. The van der Waals surface area contributed by atoms with Crippen molar-refractivity contribution in [3.05, 3.63) is 82.3 Å². The van der Waals surface area contributed by atoms with Crippen molar-refractivity contribution >= 4 is 22.7 Å². The lowest BCUT2D eigenvalue weighted by molar-refractivity contribution is 0.0967. The maximum atomic E-state index is 12.3. The van der Waals surface area contributed by atoms with E-state index in [0.29, 0.717) is 23.6 Å². The van der Waals surface area contributed by atoms with Gasteiger partial charge in [0.05, 0.1) is 17.2 Å². The molecule has 2 aromatic carbocycles. The molecule has 4 aromatic rings.